The van der Waals surface area contributed by atoms with E-state index in [1.807, 2.05) is 30.3 Å². The van der Waals surface area contributed by atoms with E-state index in [-0.39, 0.29) is 6.29 Å². The lowest BCUT2D eigenvalue weighted by Gasteiger charge is -2.27. The van der Waals surface area contributed by atoms with Gasteiger partial charge in [-0.05, 0) is 41.0 Å². The summed E-state index contributed by atoms with van der Waals surface area (Å²) in [6.07, 6.45) is 1.61. The molecule has 0 bridgehead atoms. The van der Waals surface area contributed by atoms with Crippen LogP contribution in [0.3, 0.4) is 0 Å². The normalized spacial score (nSPS) is 16.5. The Balaban J connectivity index is 1.53. The largest absolute Gasteiger partial charge is 0.497 e. The first-order valence-corrected chi connectivity index (χ1v) is 8.25. The standard InChI is InChI=1S/C21H20O3/c1-22-17-9-7-16-8-11-20-18(19(16)13-17)10-12-21(24-20)23-14-15-5-3-2-4-6-15/h2-9,11,13,21H,10,12,14H2,1H3/t21-/m0/s1. The summed E-state index contributed by atoms with van der Waals surface area (Å²) in [5.41, 5.74) is 2.40. The monoisotopic (exact) mass is 320 g/mol. The van der Waals surface area contributed by atoms with Crippen molar-refractivity contribution in [2.75, 3.05) is 7.11 Å². The van der Waals surface area contributed by atoms with Crippen molar-refractivity contribution in [3.63, 3.8) is 0 Å². The molecule has 3 aromatic rings. The quantitative estimate of drug-likeness (QED) is 0.696. The topological polar surface area (TPSA) is 27.7 Å². The summed E-state index contributed by atoms with van der Waals surface area (Å²) in [4.78, 5) is 0. The second-order valence-corrected chi connectivity index (χ2v) is 6.01. The van der Waals surface area contributed by atoms with Crippen molar-refractivity contribution in [3.8, 4) is 11.5 Å². The fraction of sp³-hybridized carbons (Fsp3) is 0.238. The highest BCUT2D eigenvalue weighted by Gasteiger charge is 2.22. The molecule has 24 heavy (non-hydrogen) atoms. The molecule has 3 heteroatoms. The van der Waals surface area contributed by atoms with E-state index in [9.17, 15) is 0 Å². The summed E-state index contributed by atoms with van der Waals surface area (Å²) in [5, 5.41) is 2.41. The smallest absolute Gasteiger partial charge is 0.200 e. The minimum atomic E-state index is -0.194. The van der Waals surface area contributed by atoms with E-state index in [0.717, 1.165) is 29.9 Å². The van der Waals surface area contributed by atoms with E-state index in [1.54, 1.807) is 7.11 Å². The van der Waals surface area contributed by atoms with Crippen LogP contribution in [-0.4, -0.2) is 13.4 Å². The molecule has 0 saturated heterocycles. The third-order valence-corrected chi connectivity index (χ3v) is 4.46. The van der Waals surface area contributed by atoms with Gasteiger partial charge < -0.3 is 14.2 Å². The van der Waals surface area contributed by atoms with Crippen molar-refractivity contribution in [1.82, 2.24) is 0 Å². The lowest BCUT2D eigenvalue weighted by molar-refractivity contribution is -0.0993. The molecule has 0 amide bonds. The predicted molar refractivity (Wildman–Crippen MR) is 94.5 cm³/mol. The first-order valence-electron chi connectivity index (χ1n) is 8.25. The number of benzene rings is 3. The van der Waals surface area contributed by atoms with Gasteiger partial charge in [-0.15, -0.1) is 0 Å². The molecule has 1 aliphatic heterocycles. The Morgan fingerprint density at radius 3 is 2.71 bits per heavy atom. The molecule has 0 aromatic heterocycles. The highest BCUT2D eigenvalue weighted by Crippen LogP contribution is 2.35. The molecule has 4 rings (SSSR count). The van der Waals surface area contributed by atoms with Crippen molar-refractivity contribution >= 4 is 10.8 Å². The predicted octanol–water partition coefficient (Wildman–Crippen LogP) is 4.72. The van der Waals surface area contributed by atoms with Crippen LogP contribution in [0.15, 0.2) is 60.7 Å². The first-order chi connectivity index (χ1) is 11.8. The molecular formula is C21H20O3. The molecule has 3 aromatic carbocycles. The maximum Gasteiger partial charge on any atom is 0.200 e. The fourth-order valence-electron chi connectivity index (χ4n) is 3.18. The average Bonchev–Trinajstić information content (AvgIpc) is 2.66. The third kappa shape index (κ3) is 2.95. The van der Waals surface area contributed by atoms with Crippen molar-refractivity contribution in [1.29, 1.82) is 0 Å². The summed E-state index contributed by atoms with van der Waals surface area (Å²) in [6.45, 7) is 0.572. The lowest BCUT2D eigenvalue weighted by Crippen LogP contribution is -2.25. The Labute approximate surface area is 141 Å². The van der Waals surface area contributed by atoms with Gasteiger partial charge in [0.15, 0.2) is 0 Å². The van der Waals surface area contributed by atoms with Crippen molar-refractivity contribution < 1.29 is 14.2 Å². The molecule has 1 aliphatic rings. The van der Waals surface area contributed by atoms with E-state index < -0.39 is 0 Å². The van der Waals surface area contributed by atoms with Gasteiger partial charge in [-0.3, -0.25) is 0 Å². The summed E-state index contributed by atoms with van der Waals surface area (Å²) < 4.78 is 17.4. The molecule has 0 N–H and O–H groups in total. The second kappa shape index (κ2) is 6.54. The van der Waals surface area contributed by atoms with Gasteiger partial charge in [0.2, 0.25) is 6.29 Å². The number of fused-ring (bicyclic) bond motifs is 3. The van der Waals surface area contributed by atoms with Gasteiger partial charge in [0.05, 0.1) is 13.7 Å². The number of ether oxygens (including phenoxy) is 3. The molecule has 0 aliphatic carbocycles. The zero-order valence-electron chi connectivity index (χ0n) is 13.7. The molecule has 0 saturated carbocycles. The fourth-order valence-corrected chi connectivity index (χ4v) is 3.18. The van der Waals surface area contributed by atoms with Crippen LogP contribution in [0.25, 0.3) is 10.8 Å². The zero-order chi connectivity index (χ0) is 16.4. The van der Waals surface area contributed by atoms with Gasteiger partial charge in [0.25, 0.3) is 0 Å². The summed E-state index contributed by atoms with van der Waals surface area (Å²) in [7, 11) is 1.69. The Kier molecular flexibility index (Phi) is 4.09. The van der Waals surface area contributed by atoms with Crippen LogP contribution in [0.5, 0.6) is 11.5 Å². The van der Waals surface area contributed by atoms with Crippen LogP contribution < -0.4 is 9.47 Å². The van der Waals surface area contributed by atoms with Gasteiger partial charge in [-0.1, -0.05) is 42.5 Å². The molecule has 1 heterocycles. The van der Waals surface area contributed by atoms with Gasteiger partial charge >= 0.3 is 0 Å². The van der Waals surface area contributed by atoms with Gasteiger partial charge in [0.1, 0.15) is 11.5 Å². The molecule has 0 unspecified atom stereocenters. The first kappa shape index (κ1) is 15.0. The second-order valence-electron chi connectivity index (χ2n) is 6.01. The minimum absolute atomic E-state index is 0.194. The Bertz CT molecular complexity index is 842. The molecule has 1 atom stereocenters. The highest BCUT2D eigenvalue weighted by atomic mass is 16.7. The van der Waals surface area contributed by atoms with Gasteiger partial charge in [-0.2, -0.15) is 0 Å². The molecule has 0 spiro atoms. The summed E-state index contributed by atoms with van der Waals surface area (Å²) in [5.74, 6) is 1.79. The Morgan fingerprint density at radius 1 is 1.04 bits per heavy atom. The molecule has 0 fully saturated rings. The van der Waals surface area contributed by atoms with Crippen LogP contribution in [0.2, 0.25) is 0 Å². The summed E-state index contributed by atoms with van der Waals surface area (Å²) in [6, 6.07) is 20.5. The van der Waals surface area contributed by atoms with Gasteiger partial charge in [-0.25, -0.2) is 0 Å². The number of hydrogen-bond acceptors (Lipinski definition) is 3. The van der Waals surface area contributed by atoms with E-state index in [0.29, 0.717) is 6.61 Å². The van der Waals surface area contributed by atoms with E-state index in [1.165, 1.54) is 16.3 Å². The number of methoxy groups -OCH3 is 1. The van der Waals surface area contributed by atoms with Crippen molar-refractivity contribution in [2.45, 2.75) is 25.7 Å². The minimum Gasteiger partial charge on any atom is -0.497 e. The molecular weight excluding hydrogens is 300 g/mol. The maximum atomic E-state index is 6.07. The van der Waals surface area contributed by atoms with E-state index >= 15 is 0 Å². The number of hydrogen-bond donors (Lipinski definition) is 0. The van der Waals surface area contributed by atoms with Crippen LogP contribution >= 0.6 is 0 Å². The number of aryl methyl sites for hydroxylation is 1. The Morgan fingerprint density at radius 2 is 1.88 bits per heavy atom. The lowest BCUT2D eigenvalue weighted by atomic mass is 9.97. The maximum absolute atomic E-state index is 6.07. The van der Waals surface area contributed by atoms with E-state index in [2.05, 4.69) is 30.3 Å². The van der Waals surface area contributed by atoms with E-state index in [4.69, 9.17) is 14.2 Å². The SMILES string of the molecule is COc1ccc2ccc3c(c2c1)CC[C@@H](OCc1ccccc1)O3. The molecule has 0 radical (unpaired) electrons. The molecule has 122 valence electrons. The van der Waals surface area contributed by atoms with Crippen molar-refractivity contribution in [3.05, 3.63) is 71.8 Å². The number of rotatable bonds is 4. The van der Waals surface area contributed by atoms with Crippen molar-refractivity contribution in [2.24, 2.45) is 0 Å². The highest BCUT2D eigenvalue weighted by molar-refractivity contribution is 5.89. The van der Waals surface area contributed by atoms with Gasteiger partial charge in [0, 0.05) is 12.0 Å². The van der Waals surface area contributed by atoms with Crippen LogP contribution in [0.4, 0.5) is 0 Å². The van der Waals surface area contributed by atoms with Crippen LogP contribution in [0.1, 0.15) is 17.5 Å². The third-order valence-electron chi connectivity index (χ3n) is 4.46. The average molecular weight is 320 g/mol. The van der Waals surface area contributed by atoms with Crippen LogP contribution in [-0.2, 0) is 17.8 Å². The summed E-state index contributed by atoms with van der Waals surface area (Å²) >= 11 is 0. The zero-order valence-corrected chi connectivity index (χ0v) is 13.7. The van der Waals surface area contributed by atoms with Crippen LogP contribution in [0, 0.1) is 0 Å². The molecule has 3 nitrogen and oxygen atoms in total. The Hall–Kier alpha value is -2.52.